The number of ether oxygens (including phenoxy) is 2. The lowest BCUT2D eigenvalue weighted by Gasteiger charge is -2.23. The van der Waals surface area contributed by atoms with Crippen molar-refractivity contribution >= 4 is 44.2 Å². The SMILES string of the molecule is COc1ccc2ccccc2c1C1Nc2ccc(Br)cc2-c2nnc(SC)nc2O1. The Bertz CT molecular complexity index is 1270. The fraction of sp³-hybridized carbons (Fsp3) is 0.136. The summed E-state index contributed by atoms with van der Waals surface area (Å²) < 4.78 is 13.1. The summed E-state index contributed by atoms with van der Waals surface area (Å²) >= 11 is 4.97. The molecular weight excluding hydrogens is 464 g/mol. The van der Waals surface area contributed by atoms with Gasteiger partial charge in [-0.2, -0.15) is 4.98 Å². The van der Waals surface area contributed by atoms with Crippen molar-refractivity contribution in [1.29, 1.82) is 0 Å². The molecule has 0 bridgehead atoms. The van der Waals surface area contributed by atoms with Crippen LogP contribution in [0.2, 0.25) is 0 Å². The first-order valence-corrected chi connectivity index (χ1v) is 11.3. The fourth-order valence-corrected chi connectivity index (χ4v) is 4.27. The van der Waals surface area contributed by atoms with Crippen LogP contribution in [-0.4, -0.2) is 28.5 Å². The topological polar surface area (TPSA) is 69.2 Å². The molecule has 0 saturated heterocycles. The number of methoxy groups -OCH3 is 1. The van der Waals surface area contributed by atoms with Crippen molar-refractivity contribution in [1.82, 2.24) is 15.2 Å². The highest BCUT2D eigenvalue weighted by Gasteiger charge is 2.29. The van der Waals surface area contributed by atoms with Gasteiger partial charge in [0.05, 0.1) is 12.7 Å². The van der Waals surface area contributed by atoms with E-state index in [1.54, 1.807) is 7.11 Å². The first kappa shape index (κ1) is 19.1. The van der Waals surface area contributed by atoms with E-state index in [9.17, 15) is 0 Å². The summed E-state index contributed by atoms with van der Waals surface area (Å²) in [5.41, 5.74) is 3.25. The highest BCUT2D eigenvalue weighted by Crippen LogP contribution is 2.43. The van der Waals surface area contributed by atoms with Crippen molar-refractivity contribution in [3.05, 3.63) is 64.6 Å². The van der Waals surface area contributed by atoms with Crippen molar-refractivity contribution in [3.8, 4) is 22.9 Å². The van der Waals surface area contributed by atoms with Gasteiger partial charge in [-0.25, -0.2) is 0 Å². The summed E-state index contributed by atoms with van der Waals surface area (Å²) in [5.74, 6) is 1.17. The number of nitrogens with one attached hydrogen (secondary N) is 1. The second kappa shape index (κ2) is 7.77. The molecule has 5 rings (SSSR count). The normalized spacial score (nSPS) is 14.8. The molecule has 4 aromatic rings. The molecule has 30 heavy (non-hydrogen) atoms. The molecular formula is C22H17BrN4O2S. The standard InChI is InChI=1S/C22H17BrN4O2S/c1-28-17-10-7-12-5-3-4-6-14(12)18(17)20-24-16-9-8-13(23)11-15(16)19-21(29-20)25-22(30-2)27-26-19/h3-11,20,24H,1-2H3. The Morgan fingerprint density at radius 1 is 1.10 bits per heavy atom. The molecule has 1 N–H and O–H groups in total. The minimum atomic E-state index is -0.529. The third-order valence-electron chi connectivity index (χ3n) is 4.98. The van der Waals surface area contributed by atoms with Crippen LogP contribution >= 0.6 is 27.7 Å². The summed E-state index contributed by atoms with van der Waals surface area (Å²) in [6, 6.07) is 18.1. The van der Waals surface area contributed by atoms with Gasteiger partial charge in [-0.05, 0) is 41.3 Å². The van der Waals surface area contributed by atoms with E-state index in [1.165, 1.54) is 11.8 Å². The van der Waals surface area contributed by atoms with Crippen molar-refractivity contribution in [2.24, 2.45) is 0 Å². The van der Waals surface area contributed by atoms with Gasteiger partial charge in [-0.1, -0.05) is 58.0 Å². The molecule has 3 aromatic carbocycles. The van der Waals surface area contributed by atoms with E-state index in [1.807, 2.05) is 48.7 Å². The molecule has 8 heteroatoms. The lowest BCUT2D eigenvalue weighted by Crippen LogP contribution is -2.18. The van der Waals surface area contributed by atoms with Gasteiger partial charge >= 0.3 is 0 Å². The molecule has 0 spiro atoms. The first-order chi connectivity index (χ1) is 14.7. The van der Waals surface area contributed by atoms with Crippen LogP contribution in [0.4, 0.5) is 5.69 Å². The zero-order valence-corrected chi connectivity index (χ0v) is 18.6. The van der Waals surface area contributed by atoms with Crippen LogP contribution in [0.15, 0.2) is 64.2 Å². The summed E-state index contributed by atoms with van der Waals surface area (Å²) in [4.78, 5) is 4.60. The van der Waals surface area contributed by atoms with E-state index in [4.69, 9.17) is 9.47 Å². The maximum atomic E-state index is 6.43. The molecule has 150 valence electrons. The van der Waals surface area contributed by atoms with Gasteiger partial charge in [-0.3, -0.25) is 0 Å². The quantitative estimate of drug-likeness (QED) is 0.377. The number of aromatic nitrogens is 3. The van der Waals surface area contributed by atoms with E-state index in [0.29, 0.717) is 16.7 Å². The number of hydrogen-bond acceptors (Lipinski definition) is 7. The fourth-order valence-electron chi connectivity index (χ4n) is 3.61. The van der Waals surface area contributed by atoms with Gasteiger partial charge in [0.1, 0.15) is 5.75 Å². The van der Waals surface area contributed by atoms with E-state index in [0.717, 1.165) is 37.8 Å². The number of rotatable bonds is 3. The number of benzene rings is 3. The Kier molecular flexibility index (Phi) is 4.96. The van der Waals surface area contributed by atoms with Crippen molar-refractivity contribution in [2.45, 2.75) is 11.4 Å². The Morgan fingerprint density at radius 2 is 1.97 bits per heavy atom. The van der Waals surface area contributed by atoms with Crippen LogP contribution in [0.5, 0.6) is 11.6 Å². The van der Waals surface area contributed by atoms with E-state index >= 15 is 0 Å². The molecule has 1 aliphatic rings. The van der Waals surface area contributed by atoms with Gasteiger partial charge in [-0.15, -0.1) is 10.2 Å². The summed E-state index contributed by atoms with van der Waals surface area (Å²) in [6.45, 7) is 0. The van der Waals surface area contributed by atoms with Crippen LogP contribution in [0.1, 0.15) is 11.8 Å². The van der Waals surface area contributed by atoms with Gasteiger partial charge in [0.2, 0.25) is 17.3 Å². The molecule has 1 unspecified atom stereocenters. The van der Waals surface area contributed by atoms with Crippen LogP contribution in [0.3, 0.4) is 0 Å². The van der Waals surface area contributed by atoms with Crippen LogP contribution in [-0.2, 0) is 0 Å². The Balaban J connectivity index is 1.76. The van der Waals surface area contributed by atoms with Crippen LogP contribution < -0.4 is 14.8 Å². The average molecular weight is 481 g/mol. The maximum Gasteiger partial charge on any atom is 0.247 e. The Morgan fingerprint density at radius 3 is 2.80 bits per heavy atom. The number of nitrogens with zero attached hydrogens (tertiary/aromatic N) is 3. The summed E-state index contributed by atoms with van der Waals surface area (Å²) in [5, 5.41) is 14.8. The van der Waals surface area contributed by atoms with Gasteiger partial charge < -0.3 is 14.8 Å². The van der Waals surface area contributed by atoms with E-state index in [2.05, 4.69) is 48.6 Å². The number of anilines is 1. The molecule has 0 radical (unpaired) electrons. The molecule has 6 nitrogen and oxygen atoms in total. The highest BCUT2D eigenvalue weighted by atomic mass is 79.9. The molecule has 2 heterocycles. The number of halogens is 1. The van der Waals surface area contributed by atoms with Crippen molar-refractivity contribution in [2.75, 3.05) is 18.7 Å². The second-order valence-corrected chi connectivity index (χ2v) is 8.38. The number of fused-ring (bicyclic) bond motifs is 4. The number of thioether (sulfide) groups is 1. The van der Waals surface area contributed by atoms with Crippen molar-refractivity contribution < 1.29 is 9.47 Å². The minimum absolute atomic E-state index is 0.429. The zero-order chi connectivity index (χ0) is 20.7. The first-order valence-electron chi connectivity index (χ1n) is 9.25. The van der Waals surface area contributed by atoms with Gasteiger partial charge in [0.25, 0.3) is 0 Å². The smallest absolute Gasteiger partial charge is 0.247 e. The molecule has 1 atom stereocenters. The molecule has 0 aliphatic carbocycles. The van der Waals surface area contributed by atoms with Gasteiger partial charge in [0, 0.05) is 15.7 Å². The Hall–Kier alpha value is -2.84. The lowest BCUT2D eigenvalue weighted by atomic mass is 10.0. The minimum Gasteiger partial charge on any atom is -0.496 e. The summed E-state index contributed by atoms with van der Waals surface area (Å²) in [6.07, 6.45) is 1.38. The monoisotopic (exact) mass is 480 g/mol. The maximum absolute atomic E-state index is 6.43. The van der Waals surface area contributed by atoms with E-state index in [-0.39, 0.29) is 0 Å². The predicted molar refractivity (Wildman–Crippen MR) is 122 cm³/mol. The highest BCUT2D eigenvalue weighted by molar-refractivity contribution is 9.10. The molecule has 1 aromatic heterocycles. The third-order valence-corrected chi connectivity index (χ3v) is 6.01. The van der Waals surface area contributed by atoms with Crippen molar-refractivity contribution in [3.63, 3.8) is 0 Å². The average Bonchev–Trinajstić information content (AvgIpc) is 2.94. The molecule has 0 amide bonds. The molecule has 1 aliphatic heterocycles. The van der Waals surface area contributed by atoms with Gasteiger partial charge in [0.15, 0.2) is 5.69 Å². The Labute approximate surface area is 186 Å². The predicted octanol–water partition coefficient (Wildman–Crippen LogP) is 5.69. The number of hydrogen-bond donors (Lipinski definition) is 1. The second-order valence-electron chi connectivity index (χ2n) is 6.69. The third kappa shape index (κ3) is 3.26. The van der Waals surface area contributed by atoms with Crippen LogP contribution in [0, 0.1) is 0 Å². The molecule has 0 fully saturated rings. The lowest BCUT2D eigenvalue weighted by molar-refractivity contribution is 0.221. The largest absolute Gasteiger partial charge is 0.496 e. The zero-order valence-electron chi connectivity index (χ0n) is 16.2. The summed E-state index contributed by atoms with van der Waals surface area (Å²) in [7, 11) is 1.67. The van der Waals surface area contributed by atoms with Crippen LogP contribution in [0.25, 0.3) is 22.0 Å². The molecule has 0 saturated carbocycles. The van der Waals surface area contributed by atoms with E-state index < -0.39 is 6.23 Å².